The van der Waals surface area contributed by atoms with Crippen molar-refractivity contribution in [2.45, 2.75) is 6.54 Å². The summed E-state index contributed by atoms with van der Waals surface area (Å²) in [6, 6.07) is 5.12. The van der Waals surface area contributed by atoms with Crippen LogP contribution in [0.3, 0.4) is 0 Å². The van der Waals surface area contributed by atoms with Gasteiger partial charge in [-0.25, -0.2) is 0 Å². The van der Waals surface area contributed by atoms with Crippen LogP contribution in [0.4, 0.5) is 0 Å². The molecule has 0 radical (unpaired) electrons. The molecule has 14 heavy (non-hydrogen) atoms. The fraction of sp³-hybridized carbons (Fsp3) is 0.222. The molecule has 0 aliphatic rings. The molecule has 1 aromatic rings. The standard InChI is InChI=1S/C9H9Cl2NO2/c10-7-2-1-6(8(11)3-7)4-12-5-9(13)14/h1-3,12H,4-5H2,(H,13,14). The Morgan fingerprint density at radius 2 is 2.14 bits per heavy atom. The normalized spacial score (nSPS) is 10.1. The molecule has 0 bridgehead atoms. The molecule has 0 amide bonds. The molecule has 0 aliphatic heterocycles. The van der Waals surface area contributed by atoms with E-state index in [0.29, 0.717) is 16.6 Å². The van der Waals surface area contributed by atoms with Gasteiger partial charge in [0.1, 0.15) is 13.1 Å². The van der Waals surface area contributed by atoms with Gasteiger partial charge in [-0.2, -0.15) is 0 Å². The van der Waals surface area contributed by atoms with Crippen LogP contribution in [0.5, 0.6) is 0 Å². The third-order valence-corrected chi connectivity index (χ3v) is 2.28. The highest BCUT2D eigenvalue weighted by Gasteiger charge is 2.02. The fourth-order valence-corrected chi connectivity index (χ4v) is 1.52. The van der Waals surface area contributed by atoms with E-state index >= 15 is 0 Å². The minimum Gasteiger partial charge on any atom is -0.544 e. The van der Waals surface area contributed by atoms with E-state index in [4.69, 9.17) is 23.2 Å². The lowest BCUT2D eigenvalue weighted by molar-refractivity contribution is -0.665. The monoisotopic (exact) mass is 233 g/mol. The average molecular weight is 234 g/mol. The number of aliphatic carboxylic acids is 1. The van der Waals surface area contributed by atoms with Gasteiger partial charge < -0.3 is 15.2 Å². The Morgan fingerprint density at radius 3 is 2.71 bits per heavy atom. The lowest BCUT2D eigenvalue weighted by Crippen LogP contribution is -2.85. The van der Waals surface area contributed by atoms with Crippen molar-refractivity contribution in [2.75, 3.05) is 6.54 Å². The average Bonchev–Trinajstić information content (AvgIpc) is 2.08. The van der Waals surface area contributed by atoms with Crippen LogP contribution < -0.4 is 10.4 Å². The van der Waals surface area contributed by atoms with Gasteiger partial charge >= 0.3 is 0 Å². The van der Waals surface area contributed by atoms with Gasteiger partial charge in [-0.3, -0.25) is 0 Å². The van der Waals surface area contributed by atoms with E-state index in [1.54, 1.807) is 23.5 Å². The number of halogens is 2. The SMILES string of the molecule is O=C([O-])C[NH2+]Cc1ccc(Cl)cc1Cl. The van der Waals surface area contributed by atoms with Crippen molar-refractivity contribution in [2.24, 2.45) is 0 Å². The maximum Gasteiger partial charge on any atom is 0.116 e. The first-order chi connectivity index (χ1) is 6.59. The summed E-state index contributed by atoms with van der Waals surface area (Å²) in [4.78, 5) is 10.1. The Hall–Kier alpha value is -0.770. The zero-order chi connectivity index (χ0) is 10.6. The number of hydrogen-bond acceptors (Lipinski definition) is 2. The second-order valence-electron chi connectivity index (χ2n) is 2.80. The molecule has 76 valence electrons. The molecule has 1 rings (SSSR count). The number of quaternary nitrogens is 1. The summed E-state index contributed by atoms with van der Waals surface area (Å²) in [5.74, 6) is -1.09. The third kappa shape index (κ3) is 3.54. The molecule has 0 atom stereocenters. The van der Waals surface area contributed by atoms with Crippen molar-refractivity contribution in [3.05, 3.63) is 33.8 Å². The van der Waals surface area contributed by atoms with Crippen LogP contribution in [-0.4, -0.2) is 12.5 Å². The lowest BCUT2D eigenvalue weighted by atomic mass is 10.2. The summed E-state index contributed by atoms with van der Waals surface area (Å²) in [5.41, 5.74) is 0.859. The summed E-state index contributed by atoms with van der Waals surface area (Å²) < 4.78 is 0. The highest BCUT2D eigenvalue weighted by atomic mass is 35.5. The molecule has 0 saturated carbocycles. The van der Waals surface area contributed by atoms with Crippen molar-refractivity contribution in [3.63, 3.8) is 0 Å². The van der Waals surface area contributed by atoms with Gasteiger partial charge in [0.05, 0.1) is 11.0 Å². The third-order valence-electron chi connectivity index (χ3n) is 1.69. The van der Waals surface area contributed by atoms with Crippen LogP contribution in [0.15, 0.2) is 18.2 Å². The first-order valence-electron chi connectivity index (χ1n) is 4.05. The van der Waals surface area contributed by atoms with Crippen LogP contribution >= 0.6 is 23.2 Å². The number of benzene rings is 1. The van der Waals surface area contributed by atoms with Gasteiger partial charge in [-0.1, -0.05) is 29.3 Å². The van der Waals surface area contributed by atoms with E-state index in [1.165, 1.54) is 0 Å². The molecular formula is C9H9Cl2NO2. The van der Waals surface area contributed by atoms with Gasteiger partial charge in [0.15, 0.2) is 0 Å². The van der Waals surface area contributed by atoms with Gasteiger partial charge in [0.2, 0.25) is 0 Å². The predicted octanol–water partition coefficient (Wildman–Crippen LogP) is -0.193. The molecule has 0 saturated heterocycles. The lowest BCUT2D eigenvalue weighted by Gasteiger charge is -2.04. The molecule has 0 heterocycles. The maximum absolute atomic E-state index is 10.1. The number of carboxylic acid groups (broad SMARTS) is 1. The zero-order valence-electron chi connectivity index (χ0n) is 7.30. The van der Waals surface area contributed by atoms with Gasteiger partial charge in [-0.05, 0) is 12.1 Å². The summed E-state index contributed by atoms with van der Waals surface area (Å²) >= 11 is 11.6. The Bertz CT molecular complexity index is 342. The van der Waals surface area contributed by atoms with Crippen molar-refractivity contribution in [1.29, 1.82) is 0 Å². The molecule has 0 aliphatic carbocycles. The molecule has 1 aromatic carbocycles. The van der Waals surface area contributed by atoms with E-state index < -0.39 is 5.97 Å². The predicted molar refractivity (Wildman–Crippen MR) is 52.0 cm³/mol. The van der Waals surface area contributed by atoms with Crippen molar-refractivity contribution >= 4 is 29.2 Å². The van der Waals surface area contributed by atoms with Crippen molar-refractivity contribution in [1.82, 2.24) is 0 Å². The summed E-state index contributed by atoms with van der Waals surface area (Å²) in [6.45, 7) is 0.433. The van der Waals surface area contributed by atoms with E-state index in [9.17, 15) is 9.90 Å². The Labute approximate surface area is 91.6 Å². The van der Waals surface area contributed by atoms with Gasteiger partial charge in [-0.15, -0.1) is 0 Å². The molecule has 3 nitrogen and oxygen atoms in total. The van der Waals surface area contributed by atoms with Crippen molar-refractivity contribution in [3.8, 4) is 0 Å². The van der Waals surface area contributed by atoms with Gasteiger partial charge in [0.25, 0.3) is 0 Å². The van der Waals surface area contributed by atoms with Crippen LogP contribution in [0.2, 0.25) is 10.0 Å². The molecule has 0 aromatic heterocycles. The van der Waals surface area contributed by atoms with E-state index in [1.807, 2.05) is 0 Å². The van der Waals surface area contributed by atoms with Crippen LogP contribution in [0.25, 0.3) is 0 Å². The van der Waals surface area contributed by atoms with Crippen LogP contribution in [-0.2, 0) is 11.3 Å². The second kappa shape index (κ2) is 5.20. The minimum atomic E-state index is -1.09. The Kier molecular flexibility index (Phi) is 4.20. The number of carboxylic acids is 1. The number of carbonyl (C=O) groups is 1. The molecule has 0 spiro atoms. The quantitative estimate of drug-likeness (QED) is 0.784. The summed E-state index contributed by atoms with van der Waals surface area (Å²) in [7, 11) is 0. The van der Waals surface area contributed by atoms with Crippen molar-refractivity contribution < 1.29 is 15.2 Å². The van der Waals surface area contributed by atoms with E-state index in [0.717, 1.165) is 5.56 Å². The molecular weight excluding hydrogens is 225 g/mol. The Balaban J connectivity index is 2.55. The number of carbonyl (C=O) groups excluding carboxylic acids is 1. The number of hydrogen-bond donors (Lipinski definition) is 1. The first kappa shape index (κ1) is 11.3. The van der Waals surface area contributed by atoms with E-state index in [-0.39, 0.29) is 6.54 Å². The number of rotatable bonds is 4. The van der Waals surface area contributed by atoms with Crippen LogP contribution in [0, 0.1) is 0 Å². The highest BCUT2D eigenvalue weighted by molar-refractivity contribution is 6.35. The summed E-state index contributed by atoms with van der Waals surface area (Å²) in [5, 5.41) is 12.9. The maximum atomic E-state index is 10.1. The molecule has 0 fully saturated rings. The van der Waals surface area contributed by atoms with E-state index in [2.05, 4.69) is 0 Å². The van der Waals surface area contributed by atoms with Crippen LogP contribution in [0.1, 0.15) is 5.56 Å². The summed E-state index contributed by atoms with van der Waals surface area (Å²) in [6.07, 6.45) is 0. The number of nitrogens with two attached hydrogens (primary N) is 1. The second-order valence-corrected chi connectivity index (χ2v) is 3.65. The topological polar surface area (TPSA) is 56.7 Å². The Morgan fingerprint density at radius 1 is 1.43 bits per heavy atom. The first-order valence-corrected chi connectivity index (χ1v) is 4.80. The van der Waals surface area contributed by atoms with Gasteiger partial charge in [0, 0.05) is 10.6 Å². The molecule has 5 heteroatoms. The largest absolute Gasteiger partial charge is 0.544 e. The molecule has 0 unspecified atom stereocenters. The highest BCUT2D eigenvalue weighted by Crippen LogP contribution is 2.19. The zero-order valence-corrected chi connectivity index (χ0v) is 8.81. The fourth-order valence-electron chi connectivity index (χ4n) is 1.03. The molecule has 2 N–H and O–H groups in total. The minimum absolute atomic E-state index is 0.0705. The smallest absolute Gasteiger partial charge is 0.116 e.